The van der Waals surface area contributed by atoms with Crippen LogP contribution in [0.3, 0.4) is 0 Å². The van der Waals surface area contributed by atoms with E-state index < -0.39 is 14.3 Å². The fourth-order valence-electron chi connectivity index (χ4n) is 3.31. The Morgan fingerprint density at radius 3 is 1.65 bits per heavy atom. The predicted molar refractivity (Wildman–Crippen MR) is 102 cm³/mol. The van der Waals surface area contributed by atoms with Crippen LogP contribution >= 0.6 is 0 Å². The number of rotatable bonds is 3. The zero-order chi connectivity index (χ0) is 15.5. The van der Waals surface area contributed by atoms with Crippen molar-refractivity contribution in [2.24, 2.45) is 0 Å². The van der Waals surface area contributed by atoms with Crippen molar-refractivity contribution >= 4 is 28.7 Å². The summed E-state index contributed by atoms with van der Waals surface area (Å²) in [5.74, 6) is 0. The molecule has 0 N–H and O–H groups in total. The van der Waals surface area contributed by atoms with Crippen molar-refractivity contribution in [2.75, 3.05) is 0 Å². The molecule has 0 saturated carbocycles. The molecule has 1 aliphatic rings. The van der Waals surface area contributed by atoms with Crippen LogP contribution in [0.5, 0.6) is 0 Å². The molecule has 1 heterocycles. The summed E-state index contributed by atoms with van der Waals surface area (Å²) in [4.78, 5) is 2.51. The van der Waals surface area contributed by atoms with Crippen LogP contribution in [0.2, 0.25) is 0 Å². The van der Waals surface area contributed by atoms with Crippen molar-refractivity contribution in [1.29, 1.82) is 0 Å². The molecule has 0 aliphatic carbocycles. The monoisotopic (exact) mass is 356 g/mol. The van der Waals surface area contributed by atoms with Gasteiger partial charge in [0, 0.05) is 0 Å². The first-order chi connectivity index (χ1) is 11.4. The Morgan fingerprint density at radius 1 is 0.522 bits per heavy atom. The van der Waals surface area contributed by atoms with Gasteiger partial charge in [-0.25, -0.2) is 0 Å². The summed E-state index contributed by atoms with van der Waals surface area (Å²) in [5.41, 5.74) is 4.11. The van der Waals surface area contributed by atoms with E-state index in [1.807, 2.05) is 0 Å². The third-order valence-electron chi connectivity index (χ3n) is 4.38. The molecule has 0 aromatic heterocycles. The molecule has 0 amide bonds. The van der Waals surface area contributed by atoms with Gasteiger partial charge in [0.1, 0.15) is 0 Å². The zero-order valence-corrected chi connectivity index (χ0v) is 15.3. The topological polar surface area (TPSA) is 0 Å². The second-order valence-corrected chi connectivity index (χ2v) is 11.2. The van der Waals surface area contributed by atoms with Gasteiger partial charge in [0.15, 0.2) is 0 Å². The minimum absolute atomic E-state index is 1.33. The molecule has 0 nitrogen and oxygen atoms in total. The van der Waals surface area contributed by atoms with Gasteiger partial charge in [0.05, 0.1) is 0 Å². The van der Waals surface area contributed by atoms with Gasteiger partial charge in [-0.15, -0.1) is 0 Å². The summed E-state index contributed by atoms with van der Waals surface area (Å²) in [5, 5.41) is 0. The van der Waals surface area contributed by atoms with Crippen LogP contribution in [-0.2, 0) is 0 Å². The van der Waals surface area contributed by atoms with Gasteiger partial charge in [0.25, 0.3) is 0 Å². The summed E-state index contributed by atoms with van der Waals surface area (Å²) >= 11 is -1.88. The van der Waals surface area contributed by atoms with Crippen LogP contribution in [0.4, 0.5) is 0 Å². The molecule has 110 valence electrons. The second kappa shape index (κ2) is 6.43. The summed E-state index contributed by atoms with van der Waals surface area (Å²) in [6.07, 6.45) is 2.36. The molecular weight excluding hydrogens is 337 g/mol. The molecule has 0 radical (unpaired) electrons. The predicted octanol–water partition coefficient (Wildman–Crippen LogP) is 4.38. The van der Waals surface area contributed by atoms with E-state index in [-0.39, 0.29) is 0 Å². The molecule has 3 aromatic carbocycles. The first-order valence-electron chi connectivity index (χ1n) is 8.01. The Bertz CT molecular complexity index is 846. The molecule has 1 aliphatic heterocycles. The van der Waals surface area contributed by atoms with Crippen LogP contribution in [0, 0.1) is 0 Å². The van der Waals surface area contributed by atoms with E-state index in [0.29, 0.717) is 0 Å². The van der Waals surface area contributed by atoms with E-state index in [4.69, 9.17) is 0 Å². The number of allylic oxidation sites excluding steroid dienone is 2. The number of hydrogen-bond acceptors (Lipinski definition) is 0. The average molecular weight is 355 g/mol. The Morgan fingerprint density at radius 2 is 1.04 bits per heavy atom. The Hall–Kier alpha value is -2.32. The van der Waals surface area contributed by atoms with Crippen LogP contribution in [0.1, 0.15) is 11.1 Å². The summed E-state index contributed by atoms with van der Waals surface area (Å²) in [7, 11) is 0. The van der Waals surface area contributed by atoms with Gasteiger partial charge >= 0.3 is 142 Å². The molecule has 0 fully saturated rings. The second-order valence-electron chi connectivity index (χ2n) is 5.81. The van der Waals surface area contributed by atoms with E-state index in [9.17, 15) is 0 Å². The number of benzene rings is 3. The fourth-order valence-corrected chi connectivity index (χ4v) is 9.43. The molecule has 0 saturated heterocycles. The zero-order valence-electron chi connectivity index (χ0n) is 12.9. The summed E-state index contributed by atoms with van der Waals surface area (Å²) < 4.78 is 3.11. The quantitative estimate of drug-likeness (QED) is 0.612. The van der Waals surface area contributed by atoms with Gasteiger partial charge in [-0.2, -0.15) is 0 Å². The molecule has 0 bridgehead atoms. The van der Waals surface area contributed by atoms with Crippen molar-refractivity contribution < 1.29 is 0 Å². The fraction of sp³-hybridized carbons (Fsp3) is 0. The minimum atomic E-state index is -1.88. The van der Waals surface area contributed by atoms with Gasteiger partial charge in [-0.05, 0) is 0 Å². The molecule has 3 aromatic rings. The van der Waals surface area contributed by atoms with E-state index in [1.54, 1.807) is 4.41 Å². The third-order valence-corrected chi connectivity index (χ3v) is 10.6. The SMILES string of the molecule is C1=[CH][GeH]([c]2ccccc2)[C](c2ccccc2)=C1c1ccccc1. The first kappa shape index (κ1) is 14.3. The summed E-state index contributed by atoms with van der Waals surface area (Å²) in [6, 6.07) is 32.7. The van der Waals surface area contributed by atoms with Crippen LogP contribution in [0.25, 0.3) is 9.98 Å². The number of hydrogen-bond donors (Lipinski definition) is 0. The van der Waals surface area contributed by atoms with E-state index in [1.165, 1.54) is 21.1 Å². The Kier molecular flexibility index (Phi) is 4.00. The molecule has 23 heavy (non-hydrogen) atoms. The van der Waals surface area contributed by atoms with E-state index in [2.05, 4.69) is 102 Å². The molecule has 1 atom stereocenters. The van der Waals surface area contributed by atoms with Gasteiger partial charge in [-0.3, -0.25) is 0 Å². The van der Waals surface area contributed by atoms with Gasteiger partial charge < -0.3 is 0 Å². The van der Waals surface area contributed by atoms with E-state index in [0.717, 1.165) is 0 Å². The standard InChI is InChI=1S/C22H18Ge/c1-4-10-18(11-5-1)21-16-17-23(20-14-8-3-9-15-20)22(21)19-12-6-2-7-13-19/h1-17,23H. The van der Waals surface area contributed by atoms with Crippen molar-refractivity contribution in [3.05, 3.63) is 113 Å². The average Bonchev–Trinajstić information content (AvgIpc) is 3.09. The van der Waals surface area contributed by atoms with Crippen LogP contribution in [-0.4, -0.2) is 14.3 Å². The van der Waals surface area contributed by atoms with Crippen molar-refractivity contribution in [2.45, 2.75) is 0 Å². The van der Waals surface area contributed by atoms with Crippen molar-refractivity contribution in [1.82, 2.24) is 0 Å². The normalized spacial score (nSPS) is 16.8. The van der Waals surface area contributed by atoms with Crippen LogP contribution < -0.4 is 4.40 Å². The first-order valence-corrected chi connectivity index (χ1v) is 11.8. The van der Waals surface area contributed by atoms with Gasteiger partial charge in [0.2, 0.25) is 0 Å². The van der Waals surface area contributed by atoms with Crippen molar-refractivity contribution in [3.63, 3.8) is 0 Å². The van der Waals surface area contributed by atoms with Crippen LogP contribution in [0.15, 0.2) is 102 Å². The Balaban J connectivity index is 1.90. The maximum absolute atomic E-state index is 2.51. The third kappa shape index (κ3) is 2.82. The molecular formula is C22H18Ge. The van der Waals surface area contributed by atoms with Gasteiger partial charge in [-0.1, -0.05) is 0 Å². The summed E-state index contributed by atoms with van der Waals surface area (Å²) in [6.45, 7) is 0. The molecule has 1 heteroatoms. The van der Waals surface area contributed by atoms with E-state index >= 15 is 0 Å². The molecule has 4 rings (SSSR count). The molecule has 0 spiro atoms. The van der Waals surface area contributed by atoms with Crippen molar-refractivity contribution in [3.8, 4) is 0 Å². The maximum atomic E-state index is 2.51. The Labute approximate surface area is 141 Å². The molecule has 1 unspecified atom stereocenters.